The summed E-state index contributed by atoms with van der Waals surface area (Å²) in [5, 5.41) is 11.1. The van der Waals surface area contributed by atoms with Crippen molar-refractivity contribution in [2.45, 2.75) is 58.2 Å². The highest BCUT2D eigenvalue weighted by atomic mass is 19.4. The fraction of sp³-hybridized carbons (Fsp3) is 0.833. The Morgan fingerprint density at radius 3 is 2.26 bits per heavy atom. The first-order chi connectivity index (χ1) is 8.61. The molecule has 0 heterocycles. The van der Waals surface area contributed by atoms with Crippen LogP contribution in [0, 0.1) is 5.92 Å². The van der Waals surface area contributed by atoms with Gasteiger partial charge in [0.1, 0.15) is 0 Å². The zero-order valence-corrected chi connectivity index (χ0v) is 11.1. The quantitative estimate of drug-likeness (QED) is 0.719. The van der Waals surface area contributed by atoms with Gasteiger partial charge in [-0.15, -0.1) is 0 Å². The largest absolute Gasteiger partial charge is 0.481 e. The van der Waals surface area contributed by atoms with Crippen molar-refractivity contribution in [3.8, 4) is 0 Å². The van der Waals surface area contributed by atoms with E-state index >= 15 is 0 Å². The van der Waals surface area contributed by atoms with Gasteiger partial charge >= 0.3 is 12.1 Å². The van der Waals surface area contributed by atoms with Crippen molar-refractivity contribution >= 4 is 11.9 Å². The van der Waals surface area contributed by atoms with Gasteiger partial charge < -0.3 is 10.4 Å². The summed E-state index contributed by atoms with van der Waals surface area (Å²) >= 11 is 0. The van der Waals surface area contributed by atoms with E-state index in [4.69, 9.17) is 5.11 Å². The average Bonchev–Trinajstić information content (AvgIpc) is 2.25. The summed E-state index contributed by atoms with van der Waals surface area (Å²) in [6.45, 7) is 3.28. The van der Waals surface area contributed by atoms with E-state index < -0.39 is 36.8 Å². The van der Waals surface area contributed by atoms with Gasteiger partial charge in [-0.2, -0.15) is 13.2 Å². The molecule has 2 unspecified atom stereocenters. The predicted octanol–water partition coefficient (Wildman–Crippen LogP) is 2.72. The van der Waals surface area contributed by atoms with E-state index in [1.165, 1.54) is 0 Å². The van der Waals surface area contributed by atoms with Gasteiger partial charge in [0.25, 0.3) is 0 Å². The highest BCUT2D eigenvalue weighted by Gasteiger charge is 2.28. The summed E-state index contributed by atoms with van der Waals surface area (Å²) in [5.41, 5.74) is 0. The van der Waals surface area contributed by atoms with E-state index in [2.05, 4.69) is 5.32 Å². The molecule has 0 saturated heterocycles. The number of aliphatic carboxylic acids is 1. The zero-order valence-electron chi connectivity index (χ0n) is 11.1. The Hall–Kier alpha value is -1.27. The summed E-state index contributed by atoms with van der Waals surface area (Å²) in [5.74, 6) is -1.95. The van der Waals surface area contributed by atoms with E-state index in [1.54, 1.807) is 13.8 Å². The number of hydrogen-bond acceptors (Lipinski definition) is 2. The molecule has 7 heteroatoms. The summed E-state index contributed by atoms with van der Waals surface area (Å²) in [7, 11) is 0. The summed E-state index contributed by atoms with van der Waals surface area (Å²) < 4.78 is 35.7. The topological polar surface area (TPSA) is 66.4 Å². The van der Waals surface area contributed by atoms with Crippen molar-refractivity contribution in [1.82, 2.24) is 5.32 Å². The molecule has 2 atom stereocenters. The number of carboxylic acids is 1. The molecule has 0 rings (SSSR count). The van der Waals surface area contributed by atoms with Gasteiger partial charge in [-0.25, -0.2) is 0 Å². The van der Waals surface area contributed by atoms with Crippen molar-refractivity contribution in [1.29, 1.82) is 0 Å². The van der Waals surface area contributed by atoms with Crippen LogP contribution in [0.25, 0.3) is 0 Å². The first-order valence-corrected chi connectivity index (χ1v) is 6.20. The van der Waals surface area contributed by atoms with Crippen molar-refractivity contribution in [2.24, 2.45) is 5.92 Å². The summed E-state index contributed by atoms with van der Waals surface area (Å²) in [6.07, 6.45) is -4.37. The molecule has 112 valence electrons. The molecule has 0 radical (unpaired) electrons. The van der Waals surface area contributed by atoms with Gasteiger partial charge in [0.05, 0.1) is 12.3 Å². The van der Waals surface area contributed by atoms with E-state index in [1.807, 2.05) is 0 Å². The molecule has 0 aliphatic rings. The number of amides is 1. The number of halogens is 3. The Kier molecular flexibility index (Phi) is 7.48. The minimum absolute atomic E-state index is 0.248. The molecule has 1 amide bonds. The minimum atomic E-state index is -4.32. The SMILES string of the molecule is CC(CCCC(C)C(=O)O)NC(=O)CCC(F)(F)F. The minimum Gasteiger partial charge on any atom is -0.481 e. The molecule has 0 spiro atoms. The third-order valence-electron chi connectivity index (χ3n) is 2.74. The lowest BCUT2D eigenvalue weighted by atomic mass is 10.0. The molecule has 0 aliphatic heterocycles. The van der Waals surface area contributed by atoms with Crippen LogP contribution in [0.5, 0.6) is 0 Å². The standard InChI is InChI=1S/C12H20F3NO3/c1-8(11(18)19)4-3-5-9(2)16-10(17)6-7-12(13,14)15/h8-9H,3-7H2,1-2H3,(H,16,17)(H,18,19). The highest BCUT2D eigenvalue weighted by Crippen LogP contribution is 2.21. The number of carbonyl (C=O) groups excluding carboxylic acids is 1. The Morgan fingerprint density at radius 2 is 1.79 bits per heavy atom. The van der Waals surface area contributed by atoms with Crippen LogP contribution < -0.4 is 5.32 Å². The van der Waals surface area contributed by atoms with Crippen LogP contribution >= 0.6 is 0 Å². The average molecular weight is 283 g/mol. The molecule has 19 heavy (non-hydrogen) atoms. The fourth-order valence-electron chi connectivity index (χ4n) is 1.53. The Labute approximate surface area is 110 Å². The second-order valence-corrected chi connectivity index (χ2v) is 4.75. The van der Waals surface area contributed by atoms with E-state index in [0.717, 1.165) is 0 Å². The maximum atomic E-state index is 11.9. The predicted molar refractivity (Wildman–Crippen MR) is 63.5 cm³/mol. The molecule has 2 N–H and O–H groups in total. The van der Waals surface area contributed by atoms with Gasteiger partial charge in [0, 0.05) is 12.5 Å². The van der Waals surface area contributed by atoms with Crippen LogP contribution in [0.1, 0.15) is 46.0 Å². The second-order valence-electron chi connectivity index (χ2n) is 4.75. The lowest BCUT2D eigenvalue weighted by Crippen LogP contribution is -2.33. The van der Waals surface area contributed by atoms with E-state index in [9.17, 15) is 22.8 Å². The monoisotopic (exact) mass is 283 g/mol. The van der Waals surface area contributed by atoms with Gasteiger partial charge in [-0.3, -0.25) is 9.59 Å². The zero-order chi connectivity index (χ0) is 15.1. The Balaban J connectivity index is 3.77. The van der Waals surface area contributed by atoms with E-state index in [-0.39, 0.29) is 6.04 Å². The second kappa shape index (κ2) is 8.01. The van der Waals surface area contributed by atoms with Crippen LogP contribution in [-0.2, 0) is 9.59 Å². The van der Waals surface area contributed by atoms with Gasteiger partial charge in [0.15, 0.2) is 0 Å². The third kappa shape index (κ3) is 10.3. The maximum absolute atomic E-state index is 11.9. The number of hydrogen-bond donors (Lipinski definition) is 2. The van der Waals surface area contributed by atoms with Crippen LogP contribution in [0.3, 0.4) is 0 Å². The molecular weight excluding hydrogens is 263 g/mol. The lowest BCUT2D eigenvalue weighted by Gasteiger charge is -2.15. The first-order valence-electron chi connectivity index (χ1n) is 6.20. The molecule has 0 aromatic carbocycles. The van der Waals surface area contributed by atoms with Crippen molar-refractivity contribution < 1.29 is 27.9 Å². The van der Waals surface area contributed by atoms with Crippen LogP contribution in [-0.4, -0.2) is 29.2 Å². The molecular formula is C12H20F3NO3. The smallest absolute Gasteiger partial charge is 0.389 e. The number of carbonyl (C=O) groups is 2. The maximum Gasteiger partial charge on any atom is 0.389 e. The molecule has 0 bridgehead atoms. The Bertz CT molecular complexity index is 305. The molecule has 0 saturated carbocycles. The molecule has 0 aromatic heterocycles. The fourth-order valence-corrected chi connectivity index (χ4v) is 1.53. The van der Waals surface area contributed by atoms with Crippen molar-refractivity contribution in [2.75, 3.05) is 0 Å². The number of alkyl halides is 3. The number of carboxylic acid groups (broad SMARTS) is 1. The van der Waals surface area contributed by atoms with E-state index in [0.29, 0.717) is 19.3 Å². The van der Waals surface area contributed by atoms with Crippen LogP contribution in [0.15, 0.2) is 0 Å². The number of rotatable bonds is 8. The van der Waals surface area contributed by atoms with Gasteiger partial charge in [-0.05, 0) is 19.8 Å². The molecule has 0 aromatic rings. The lowest BCUT2D eigenvalue weighted by molar-refractivity contribution is -0.144. The summed E-state index contributed by atoms with van der Waals surface area (Å²) in [6, 6.07) is -0.248. The molecule has 0 aliphatic carbocycles. The number of nitrogens with one attached hydrogen (secondary N) is 1. The highest BCUT2D eigenvalue weighted by molar-refractivity contribution is 5.76. The van der Waals surface area contributed by atoms with Gasteiger partial charge in [-0.1, -0.05) is 13.3 Å². The van der Waals surface area contributed by atoms with Crippen molar-refractivity contribution in [3.05, 3.63) is 0 Å². The first kappa shape index (κ1) is 17.7. The van der Waals surface area contributed by atoms with Crippen LogP contribution in [0.4, 0.5) is 13.2 Å². The Morgan fingerprint density at radius 1 is 1.21 bits per heavy atom. The summed E-state index contributed by atoms with van der Waals surface area (Å²) in [4.78, 5) is 21.8. The molecule has 0 fully saturated rings. The van der Waals surface area contributed by atoms with Gasteiger partial charge in [0.2, 0.25) is 5.91 Å². The van der Waals surface area contributed by atoms with Crippen LogP contribution in [0.2, 0.25) is 0 Å². The van der Waals surface area contributed by atoms with Crippen molar-refractivity contribution in [3.63, 3.8) is 0 Å². The third-order valence-corrected chi connectivity index (χ3v) is 2.74. The normalized spacial score (nSPS) is 14.8. The molecule has 4 nitrogen and oxygen atoms in total.